The molecule has 0 bridgehead atoms. The van der Waals surface area contributed by atoms with Crippen molar-refractivity contribution in [2.24, 2.45) is 0 Å². The summed E-state index contributed by atoms with van der Waals surface area (Å²) >= 11 is 0. The van der Waals surface area contributed by atoms with Crippen molar-refractivity contribution >= 4 is 9.84 Å². The van der Waals surface area contributed by atoms with Crippen LogP contribution < -0.4 is 0 Å². The van der Waals surface area contributed by atoms with Crippen molar-refractivity contribution < 1.29 is 8.42 Å². The van der Waals surface area contributed by atoms with Crippen LogP contribution in [0.5, 0.6) is 0 Å². The van der Waals surface area contributed by atoms with Gasteiger partial charge in [-0.2, -0.15) is 0 Å². The van der Waals surface area contributed by atoms with Crippen molar-refractivity contribution in [1.82, 2.24) is 0 Å². The molecule has 0 unspecified atom stereocenters. The van der Waals surface area contributed by atoms with Gasteiger partial charge < -0.3 is 0 Å². The van der Waals surface area contributed by atoms with Gasteiger partial charge in [0, 0.05) is 22.3 Å². The number of benzene rings is 2. The lowest BCUT2D eigenvalue weighted by Crippen LogP contribution is -1.96. The largest absolute Gasteiger partial charge is 0.218 e. The van der Waals surface area contributed by atoms with Crippen molar-refractivity contribution in [2.45, 2.75) is 9.79 Å². The van der Waals surface area contributed by atoms with Crippen LogP contribution in [-0.2, 0) is 9.84 Å². The van der Waals surface area contributed by atoms with E-state index in [9.17, 15) is 8.42 Å². The molecule has 0 spiro atoms. The number of rotatable bonds is 0. The Morgan fingerprint density at radius 3 is 1.58 bits per heavy atom. The predicted molar refractivity (Wildman–Crippen MR) is 73.2 cm³/mol. The average Bonchev–Trinajstić information content (AvgIpc) is 2.66. The SMILES string of the molecule is C#Cc1ccc2c(c1)-c1cc(C#C)ccc1S2(=O)=O. The van der Waals surface area contributed by atoms with Gasteiger partial charge in [-0.3, -0.25) is 0 Å². The molecule has 0 radical (unpaired) electrons. The Morgan fingerprint density at radius 1 is 0.789 bits per heavy atom. The van der Waals surface area contributed by atoms with Crippen LogP contribution >= 0.6 is 0 Å². The molecule has 0 fully saturated rings. The minimum Gasteiger partial charge on any atom is -0.218 e. The van der Waals surface area contributed by atoms with E-state index < -0.39 is 9.84 Å². The number of terminal acetylenes is 2. The van der Waals surface area contributed by atoms with Crippen LogP contribution in [0.3, 0.4) is 0 Å². The standard InChI is InChI=1S/C16H8O2S/c1-3-11-5-7-15-13(9-11)14-10-12(4-2)6-8-16(14)19(15,17)18/h1-2,5-10H. The quantitative estimate of drug-likeness (QED) is 0.584. The highest BCUT2D eigenvalue weighted by molar-refractivity contribution is 7.92. The van der Waals surface area contributed by atoms with Gasteiger partial charge in [0.05, 0.1) is 9.79 Å². The first kappa shape index (κ1) is 11.6. The Morgan fingerprint density at radius 2 is 1.21 bits per heavy atom. The minimum atomic E-state index is -3.45. The van der Waals surface area contributed by atoms with Gasteiger partial charge in [0.15, 0.2) is 0 Å². The molecule has 2 aromatic carbocycles. The Bertz CT molecular complexity index is 822. The van der Waals surface area contributed by atoms with Crippen LogP contribution in [0.2, 0.25) is 0 Å². The van der Waals surface area contributed by atoms with Crippen molar-refractivity contribution in [3.63, 3.8) is 0 Å². The van der Waals surface area contributed by atoms with Crippen LogP contribution in [0.1, 0.15) is 11.1 Å². The fraction of sp³-hybridized carbons (Fsp3) is 0. The number of sulfone groups is 1. The highest BCUT2D eigenvalue weighted by Crippen LogP contribution is 2.43. The summed E-state index contributed by atoms with van der Waals surface area (Å²) in [5.74, 6) is 5.02. The third-order valence-corrected chi connectivity index (χ3v) is 5.03. The van der Waals surface area contributed by atoms with E-state index in [-0.39, 0.29) is 9.79 Å². The Hall–Kier alpha value is -2.49. The van der Waals surface area contributed by atoms with Crippen molar-refractivity contribution in [1.29, 1.82) is 0 Å². The lowest BCUT2D eigenvalue weighted by Gasteiger charge is -2.00. The van der Waals surface area contributed by atoms with Crippen molar-refractivity contribution in [3.8, 4) is 35.8 Å². The summed E-state index contributed by atoms with van der Waals surface area (Å²) in [4.78, 5) is 0.575. The maximum atomic E-state index is 12.4. The van der Waals surface area contributed by atoms with E-state index in [0.29, 0.717) is 22.3 Å². The zero-order valence-electron chi connectivity index (χ0n) is 9.84. The Labute approximate surface area is 112 Å². The zero-order valence-corrected chi connectivity index (χ0v) is 10.7. The Kier molecular flexibility index (Phi) is 2.29. The van der Waals surface area contributed by atoms with E-state index in [2.05, 4.69) is 11.8 Å². The van der Waals surface area contributed by atoms with Gasteiger partial charge in [-0.05, 0) is 36.4 Å². The molecule has 3 rings (SSSR count). The van der Waals surface area contributed by atoms with Gasteiger partial charge in [-0.1, -0.05) is 11.8 Å². The Balaban J connectivity index is 2.44. The monoisotopic (exact) mass is 264 g/mol. The number of fused-ring (bicyclic) bond motifs is 3. The summed E-state index contributed by atoms with van der Waals surface area (Å²) < 4.78 is 24.7. The van der Waals surface area contributed by atoms with Crippen LogP contribution in [-0.4, -0.2) is 8.42 Å². The second-order valence-electron chi connectivity index (χ2n) is 4.21. The van der Waals surface area contributed by atoms with Gasteiger partial charge in [-0.15, -0.1) is 12.8 Å². The molecule has 0 saturated carbocycles. The van der Waals surface area contributed by atoms with Crippen molar-refractivity contribution in [3.05, 3.63) is 47.5 Å². The van der Waals surface area contributed by atoms with Gasteiger partial charge in [0.2, 0.25) is 9.84 Å². The highest BCUT2D eigenvalue weighted by Gasteiger charge is 2.32. The lowest BCUT2D eigenvalue weighted by molar-refractivity contribution is 0.598. The average molecular weight is 264 g/mol. The normalized spacial score (nSPS) is 14.0. The van der Waals surface area contributed by atoms with Gasteiger partial charge >= 0.3 is 0 Å². The topological polar surface area (TPSA) is 34.1 Å². The fourth-order valence-corrected chi connectivity index (χ4v) is 3.90. The molecule has 2 nitrogen and oxygen atoms in total. The van der Waals surface area contributed by atoms with Gasteiger partial charge in [0.25, 0.3) is 0 Å². The summed E-state index contributed by atoms with van der Waals surface area (Å²) in [6.07, 6.45) is 10.7. The van der Waals surface area contributed by atoms with E-state index in [1.807, 2.05) is 0 Å². The predicted octanol–water partition coefficient (Wildman–Crippen LogP) is 2.46. The third-order valence-electron chi connectivity index (χ3n) is 3.16. The van der Waals surface area contributed by atoms with Gasteiger partial charge in [0.1, 0.15) is 0 Å². The molecule has 19 heavy (non-hydrogen) atoms. The first-order valence-electron chi connectivity index (χ1n) is 5.54. The van der Waals surface area contributed by atoms with E-state index in [0.717, 1.165) is 0 Å². The van der Waals surface area contributed by atoms with Crippen LogP contribution in [0.25, 0.3) is 11.1 Å². The molecule has 0 amide bonds. The molecule has 0 aliphatic carbocycles. The molecule has 0 aromatic heterocycles. The molecule has 3 heteroatoms. The molecular weight excluding hydrogens is 256 g/mol. The summed E-state index contributed by atoms with van der Waals surface area (Å²) in [6.45, 7) is 0. The maximum absolute atomic E-state index is 12.4. The van der Waals surface area contributed by atoms with Crippen LogP contribution in [0.4, 0.5) is 0 Å². The molecule has 2 aromatic rings. The van der Waals surface area contributed by atoms with E-state index >= 15 is 0 Å². The molecule has 1 aliphatic heterocycles. The van der Waals surface area contributed by atoms with Gasteiger partial charge in [-0.25, -0.2) is 8.42 Å². The minimum absolute atomic E-state index is 0.288. The smallest absolute Gasteiger partial charge is 0.207 e. The molecule has 1 heterocycles. The first-order chi connectivity index (χ1) is 9.07. The second kappa shape index (κ2) is 3.75. The molecule has 1 aliphatic rings. The lowest BCUT2D eigenvalue weighted by atomic mass is 10.0. The molecular formula is C16H8O2S. The van der Waals surface area contributed by atoms with E-state index in [1.54, 1.807) is 36.4 Å². The van der Waals surface area contributed by atoms with Crippen molar-refractivity contribution in [2.75, 3.05) is 0 Å². The van der Waals surface area contributed by atoms with Crippen LogP contribution in [0.15, 0.2) is 46.2 Å². The van der Waals surface area contributed by atoms with E-state index in [1.165, 1.54) is 0 Å². The second-order valence-corrected chi connectivity index (χ2v) is 6.10. The molecule has 0 saturated heterocycles. The summed E-state index contributed by atoms with van der Waals surface area (Å²) in [5, 5.41) is 0. The third kappa shape index (κ3) is 1.50. The summed E-state index contributed by atoms with van der Waals surface area (Å²) in [5.41, 5.74) is 2.55. The van der Waals surface area contributed by atoms with E-state index in [4.69, 9.17) is 12.8 Å². The molecule has 0 N–H and O–H groups in total. The summed E-state index contributed by atoms with van der Waals surface area (Å²) in [6, 6.07) is 9.78. The first-order valence-corrected chi connectivity index (χ1v) is 7.03. The number of hydrogen-bond acceptors (Lipinski definition) is 2. The maximum Gasteiger partial charge on any atom is 0.207 e. The molecule has 90 valence electrons. The summed E-state index contributed by atoms with van der Waals surface area (Å²) in [7, 11) is -3.45. The zero-order chi connectivity index (χ0) is 13.6. The molecule has 0 atom stereocenters. The fourth-order valence-electron chi connectivity index (χ4n) is 2.25. The highest BCUT2D eigenvalue weighted by atomic mass is 32.2. The van der Waals surface area contributed by atoms with Crippen LogP contribution in [0, 0.1) is 24.7 Å². The number of hydrogen-bond donors (Lipinski definition) is 0.